The number of nitrogens with one attached hydrogen (secondary N) is 1. The lowest BCUT2D eigenvalue weighted by atomic mass is 10.2. The Hall–Kier alpha value is -1.14. The average molecular weight is 241 g/mol. The molecule has 0 aliphatic carbocycles. The van der Waals surface area contributed by atoms with Crippen LogP contribution in [0.15, 0.2) is 0 Å². The van der Waals surface area contributed by atoms with Crippen molar-refractivity contribution in [3.05, 3.63) is 0 Å². The Morgan fingerprint density at radius 1 is 1.24 bits per heavy atom. The lowest BCUT2D eigenvalue weighted by Gasteiger charge is -2.35. The van der Waals surface area contributed by atoms with Crippen molar-refractivity contribution >= 4 is 11.9 Å². The van der Waals surface area contributed by atoms with Gasteiger partial charge in [0.1, 0.15) is 0 Å². The number of morpholine rings is 1. The molecule has 2 aliphatic rings. The normalized spacial score (nSPS) is 30.8. The average Bonchev–Trinajstić information content (AvgIpc) is 2.55. The second-order valence-corrected chi connectivity index (χ2v) is 4.72. The SMILES string of the molecule is CC1CN(CCN2C(=O)CNC2=O)CC(C)O1. The summed E-state index contributed by atoms with van der Waals surface area (Å²) < 4.78 is 5.63. The van der Waals surface area contributed by atoms with Crippen LogP contribution in [0.3, 0.4) is 0 Å². The second kappa shape index (κ2) is 5.01. The van der Waals surface area contributed by atoms with Crippen molar-refractivity contribution in [1.29, 1.82) is 0 Å². The first kappa shape index (κ1) is 12.3. The van der Waals surface area contributed by atoms with Crippen molar-refractivity contribution in [3.8, 4) is 0 Å². The molecule has 0 aromatic heterocycles. The van der Waals surface area contributed by atoms with Crippen molar-refractivity contribution in [2.75, 3.05) is 32.7 Å². The molecule has 96 valence electrons. The zero-order valence-corrected chi connectivity index (χ0v) is 10.3. The summed E-state index contributed by atoms with van der Waals surface area (Å²) >= 11 is 0. The van der Waals surface area contributed by atoms with E-state index in [1.54, 1.807) is 0 Å². The lowest BCUT2D eigenvalue weighted by molar-refractivity contribution is -0.125. The Balaban J connectivity index is 1.81. The lowest BCUT2D eigenvalue weighted by Crippen LogP contribution is -2.48. The van der Waals surface area contributed by atoms with Gasteiger partial charge in [-0.2, -0.15) is 0 Å². The first-order chi connectivity index (χ1) is 8.06. The quantitative estimate of drug-likeness (QED) is 0.686. The van der Waals surface area contributed by atoms with Gasteiger partial charge < -0.3 is 10.1 Å². The van der Waals surface area contributed by atoms with Crippen LogP contribution in [-0.4, -0.2) is 66.7 Å². The molecule has 2 fully saturated rings. The molecule has 1 N–H and O–H groups in total. The molecule has 17 heavy (non-hydrogen) atoms. The van der Waals surface area contributed by atoms with Crippen LogP contribution >= 0.6 is 0 Å². The third-order valence-corrected chi connectivity index (χ3v) is 3.07. The van der Waals surface area contributed by atoms with Crippen LogP contribution < -0.4 is 5.32 Å². The number of hydrogen-bond donors (Lipinski definition) is 1. The number of hydrogen-bond acceptors (Lipinski definition) is 4. The first-order valence-electron chi connectivity index (χ1n) is 6.02. The Kier molecular flexibility index (Phi) is 3.63. The van der Waals surface area contributed by atoms with Gasteiger partial charge in [0.25, 0.3) is 0 Å². The number of imide groups is 1. The summed E-state index contributed by atoms with van der Waals surface area (Å²) in [6.45, 7) is 7.10. The number of amides is 3. The van der Waals surface area contributed by atoms with Gasteiger partial charge in [-0.1, -0.05) is 0 Å². The Morgan fingerprint density at radius 3 is 2.41 bits per heavy atom. The van der Waals surface area contributed by atoms with Crippen molar-refractivity contribution in [2.24, 2.45) is 0 Å². The van der Waals surface area contributed by atoms with Crippen molar-refractivity contribution in [3.63, 3.8) is 0 Å². The van der Waals surface area contributed by atoms with Gasteiger partial charge in [0.05, 0.1) is 18.8 Å². The number of carbonyl (C=O) groups excluding carboxylic acids is 2. The largest absolute Gasteiger partial charge is 0.373 e. The number of urea groups is 1. The topological polar surface area (TPSA) is 61.9 Å². The molecule has 2 atom stereocenters. The Labute approximate surface area is 101 Å². The van der Waals surface area contributed by atoms with E-state index in [9.17, 15) is 9.59 Å². The smallest absolute Gasteiger partial charge is 0.324 e. The van der Waals surface area contributed by atoms with Gasteiger partial charge in [-0.05, 0) is 13.8 Å². The first-order valence-corrected chi connectivity index (χ1v) is 6.02. The highest BCUT2D eigenvalue weighted by Gasteiger charge is 2.29. The third-order valence-electron chi connectivity index (χ3n) is 3.07. The van der Waals surface area contributed by atoms with Crippen molar-refractivity contribution in [2.45, 2.75) is 26.1 Å². The maximum atomic E-state index is 11.4. The molecule has 6 heteroatoms. The highest BCUT2D eigenvalue weighted by molar-refractivity contribution is 6.01. The minimum Gasteiger partial charge on any atom is -0.373 e. The van der Waals surface area contributed by atoms with E-state index >= 15 is 0 Å². The fraction of sp³-hybridized carbons (Fsp3) is 0.818. The molecule has 0 aromatic carbocycles. The fourth-order valence-electron chi connectivity index (χ4n) is 2.39. The van der Waals surface area contributed by atoms with E-state index in [4.69, 9.17) is 4.74 Å². The Bertz CT molecular complexity index is 295. The summed E-state index contributed by atoms with van der Waals surface area (Å²) in [5.74, 6) is -0.135. The standard InChI is InChI=1S/C11H19N3O3/c1-8-6-13(7-9(2)17-8)3-4-14-10(15)5-12-11(14)16/h8-9H,3-7H2,1-2H3,(H,12,16). The number of ether oxygens (including phenoxy) is 1. The van der Waals surface area contributed by atoms with E-state index in [1.807, 2.05) is 13.8 Å². The molecule has 0 aromatic rings. The summed E-state index contributed by atoms with van der Waals surface area (Å²) in [5, 5.41) is 2.52. The van der Waals surface area contributed by atoms with E-state index < -0.39 is 0 Å². The van der Waals surface area contributed by atoms with Crippen LogP contribution in [0, 0.1) is 0 Å². The summed E-state index contributed by atoms with van der Waals surface area (Å²) in [4.78, 5) is 26.2. The monoisotopic (exact) mass is 241 g/mol. The van der Waals surface area contributed by atoms with Crippen LogP contribution in [0.2, 0.25) is 0 Å². The molecule has 6 nitrogen and oxygen atoms in total. The van der Waals surface area contributed by atoms with Gasteiger partial charge in [-0.25, -0.2) is 4.79 Å². The third kappa shape index (κ3) is 2.95. The number of nitrogens with zero attached hydrogens (tertiary/aromatic N) is 2. The molecule has 0 radical (unpaired) electrons. The summed E-state index contributed by atoms with van der Waals surface area (Å²) in [6, 6.07) is -0.274. The molecular weight excluding hydrogens is 222 g/mol. The van der Waals surface area contributed by atoms with Gasteiger partial charge in [0, 0.05) is 26.2 Å². The van der Waals surface area contributed by atoms with E-state index in [1.165, 1.54) is 4.90 Å². The van der Waals surface area contributed by atoms with Gasteiger partial charge in [-0.3, -0.25) is 14.6 Å². The van der Waals surface area contributed by atoms with Crippen molar-refractivity contribution < 1.29 is 14.3 Å². The minimum absolute atomic E-state index is 0.134. The van der Waals surface area contributed by atoms with Gasteiger partial charge in [0.2, 0.25) is 5.91 Å². The van der Waals surface area contributed by atoms with Crippen LogP contribution in [0.25, 0.3) is 0 Å². The van der Waals surface area contributed by atoms with Gasteiger partial charge in [0.15, 0.2) is 0 Å². The van der Waals surface area contributed by atoms with Crippen LogP contribution in [0.5, 0.6) is 0 Å². The predicted octanol–water partition coefficient (Wildman–Crippen LogP) is -0.353. The van der Waals surface area contributed by atoms with E-state index in [2.05, 4.69) is 10.2 Å². The summed E-state index contributed by atoms with van der Waals surface area (Å²) in [7, 11) is 0. The van der Waals surface area contributed by atoms with Gasteiger partial charge in [-0.15, -0.1) is 0 Å². The molecule has 2 saturated heterocycles. The molecule has 3 amide bonds. The van der Waals surface area contributed by atoms with Crippen LogP contribution in [-0.2, 0) is 9.53 Å². The molecule has 0 spiro atoms. The highest BCUT2D eigenvalue weighted by Crippen LogP contribution is 2.10. The fourth-order valence-corrected chi connectivity index (χ4v) is 2.39. The molecule has 2 unspecified atom stereocenters. The summed E-state index contributed by atoms with van der Waals surface area (Å²) in [6.07, 6.45) is 0.420. The molecule has 2 rings (SSSR count). The number of rotatable bonds is 3. The maximum Gasteiger partial charge on any atom is 0.324 e. The zero-order chi connectivity index (χ0) is 12.4. The highest BCUT2D eigenvalue weighted by atomic mass is 16.5. The molecular formula is C11H19N3O3. The molecule has 0 saturated carbocycles. The summed E-state index contributed by atoms with van der Waals surface area (Å²) in [5.41, 5.74) is 0. The van der Waals surface area contributed by atoms with Crippen LogP contribution in [0.1, 0.15) is 13.8 Å². The Morgan fingerprint density at radius 2 is 1.88 bits per heavy atom. The molecule has 2 heterocycles. The predicted molar refractivity (Wildman–Crippen MR) is 61.6 cm³/mol. The van der Waals surface area contributed by atoms with E-state index in [0.29, 0.717) is 6.54 Å². The van der Waals surface area contributed by atoms with E-state index in [-0.39, 0.29) is 30.7 Å². The maximum absolute atomic E-state index is 11.4. The molecule has 0 bridgehead atoms. The van der Waals surface area contributed by atoms with Crippen molar-refractivity contribution in [1.82, 2.24) is 15.1 Å². The zero-order valence-electron chi connectivity index (χ0n) is 10.3. The second-order valence-electron chi connectivity index (χ2n) is 4.72. The van der Waals surface area contributed by atoms with Gasteiger partial charge >= 0.3 is 6.03 Å². The van der Waals surface area contributed by atoms with E-state index in [0.717, 1.165) is 19.6 Å². The number of carbonyl (C=O) groups is 2. The minimum atomic E-state index is -0.274. The van der Waals surface area contributed by atoms with Crippen LogP contribution in [0.4, 0.5) is 4.79 Å². The molecule has 2 aliphatic heterocycles.